The highest BCUT2D eigenvalue weighted by Gasteiger charge is 2.20. The Labute approximate surface area is 147 Å². The molecule has 124 valence electrons. The largest absolute Gasteiger partial charge is 0.357 e. The van der Waals surface area contributed by atoms with E-state index in [1.54, 1.807) is 0 Å². The average Bonchev–Trinajstić information content (AvgIpc) is 2.98. The van der Waals surface area contributed by atoms with Crippen LogP contribution in [0.5, 0.6) is 0 Å². The SMILES string of the molecule is CCNC(=NCC(C)N1CCN(C)CC1)N1CCCC1.I. The summed E-state index contributed by atoms with van der Waals surface area (Å²) in [7, 11) is 2.21. The van der Waals surface area contributed by atoms with Crippen LogP contribution in [0.25, 0.3) is 0 Å². The summed E-state index contributed by atoms with van der Waals surface area (Å²) >= 11 is 0. The van der Waals surface area contributed by atoms with Crippen molar-refractivity contribution >= 4 is 29.9 Å². The van der Waals surface area contributed by atoms with E-state index in [9.17, 15) is 0 Å². The summed E-state index contributed by atoms with van der Waals surface area (Å²) in [5, 5.41) is 3.44. The first-order valence-electron chi connectivity index (χ1n) is 8.16. The third-order valence-electron chi connectivity index (χ3n) is 4.41. The maximum Gasteiger partial charge on any atom is 0.193 e. The molecule has 21 heavy (non-hydrogen) atoms. The van der Waals surface area contributed by atoms with Crippen LogP contribution in [0.4, 0.5) is 0 Å². The van der Waals surface area contributed by atoms with E-state index in [4.69, 9.17) is 4.99 Å². The maximum atomic E-state index is 4.87. The highest BCUT2D eigenvalue weighted by molar-refractivity contribution is 14.0. The predicted molar refractivity (Wildman–Crippen MR) is 101 cm³/mol. The lowest BCUT2D eigenvalue weighted by molar-refractivity contribution is 0.122. The van der Waals surface area contributed by atoms with E-state index < -0.39 is 0 Å². The Bertz CT molecular complexity index is 309. The number of hydrogen-bond donors (Lipinski definition) is 1. The number of halogens is 1. The van der Waals surface area contributed by atoms with Gasteiger partial charge in [0.05, 0.1) is 6.54 Å². The molecule has 2 rings (SSSR count). The molecule has 5 nitrogen and oxygen atoms in total. The molecule has 2 aliphatic heterocycles. The van der Waals surface area contributed by atoms with Crippen molar-refractivity contribution in [3.05, 3.63) is 0 Å². The molecule has 1 N–H and O–H groups in total. The van der Waals surface area contributed by atoms with Crippen molar-refractivity contribution in [2.24, 2.45) is 4.99 Å². The van der Waals surface area contributed by atoms with Crippen molar-refractivity contribution in [1.29, 1.82) is 0 Å². The second kappa shape index (κ2) is 9.84. The van der Waals surface area contributed by atoms with Crippen molar-refractivity contribution in [2.45, 2.75) is 32.7 Å². The zero-order valence-electron chi connectivity index (χ0n) is 13.8. The Morgan fingerprint density at radius 3 is 2.29 bits per heavy atom. The summed E-state index contributed by atoms with van der Waals surface area (Å²) in [5.74, 6) is 1.12. The lowest BCUT2D eigenvalue weighted by Crippen LogP contribution is -2.49. The average molecular weight is 409 g/mol. The molecular weight excluding hydrogens is 377 g/mol. The molecule has 2 saturated heterocycles. The summed E-state index contributed by atoms with van der Waals surface area (Å²) < 4.78 is 0. The van der Waals surface area contributed by atoms with E-state index in [1.165, 1.54) is 39.0 Å². The number of rotatable bonds is 4. The summed E-state index contributed by atoms with van der Waals surface area (Å²) in [6.45, 7) is 13.4. The van der Waals surface area contributed by atoms with Gasteiger partial charge in [-0.15, -0.1) is 24.0 Å². The second-order valence-corrected chi connectivity index (χ2v) is 6.08. The fourth-order valence-electron chi connectivity index (χ4n) is 2.95. The Kier molecular flexibility index (Phi) is 8.89. The Hall–Kier alpha value is -0.0800. The molecule has 2 heterocycles. The van der Waals surface area contributed by atoms with Gasteiger partial charge in [0.15, 0.2) is 5.96 Å². The number of aliphatic imine (C=N–C) groups is 1. The van der Waals surface area contributed by atoms with Crippen LogP contribution in [-0.4, -0.2) is 86.1 Å². The van der Waals surface area contributed by atoms with Crippen LogP contribution < -0.4 is 5.32 Å². The van der Waals surface area contributed by atoms with Gasteiger partial charge in [0, 0.05) is 51.9 Å². The first kappa shape index (κ1) is 19.0. The highest BCUT2D eigenvalue weighted by Crippen LogP contribution is 2.09. The van der Waals surface area contributed by atoms with Crippen LogP contribution >= 0.6 is 24.0 Å². The van der Waals surface area contributed by atoms with E-state index in [1.807, 2.05) is 0 Å². The molecule has 2 fully saturated rings. The number of hydrogen-bond acceptors (Lipinski definition) is 3. The third kappa shape index (κ3) is 5.90. The van der Waals surface area contributed by atoms with Crippen molar-refractivity contribution in [3.8, 4) is 0 Å². The van der Waals surface area contributed by atoms with Crippen molar-refractivity contribution in [3.63, 3.8) is 0 Å². The summed E-state index contributed by atoms with van der Waals surface area (Å²) in [5.41, 5.74) is 0. The van der Waals surface area contributed by atoms with E-state index in [0.29, 0.717) is 6.04 Å². The lowest BCUT2D eigenvalue weighted by atomic mass is 10.2. The Morgan fingerprint density at radius 1 is 1.10 bits per heavy atom. The third-order valence-corrected chi connectivity index (χ3v) is 4.41. The number of nitrogens with one attached hydrogen (secondary N) is 1. The molecule has 6 heteroatoms. The Balaban J connectivity index is 0.00000220. The van der Waals surface area contributed by atoms with Gasteiger partial charge in [0.1, 0.15) is 0 Å². The zero-order chi connectivity index (χ0) is 14.4. The molecule has 2 aliphatic rings. The van der Waals surface area contributed by atoms with E-state index in [-0.39, 0.29) is 24.0 Å². The topological polar surface area (TPSA) is 34.1 Å². The number of nitrogens with zero attached hydrogens (tertiary/aromatic N) is 4. The van der Waals surface area contributed by atoms with Crippen LogP contribution in [0.3, 0.4) is 0 Å². The zero-order valence-corrected chi connectivity index (χ0v) is 16.2. The second-order valence-electron chi connectivity index (χ2n) is 6.08. The molecular formula is C15H32IN5. The van der Waals surface area contributed by atoms with Gasteiger partial charge in [0.2, 0.25) is 0 Å². The number of likely N-dealkylation sites (tertiary alicyclic amines) is 1. The van der Waals surface area contributed by atoms with Gasteiger partial charge in [-0.25, -0.2) is 0 Å². The minimum absolute atomic E-state index is 0. The monoisotopic (exact) mass is 409 g/mol. The summed E-state index contributed by atoms with van der Waals surface area (Å²) in [6, 6.07) is 0.542. The lowest BCUT2D eigenvalue weighted by Gasteiger charge is -2.36. The summed E-state index contributed by atoms with van der Waals surface area (Å²) in [4.78, 5) is 12.2. The van der Waals surface area contributed by atoms with Gasteiger partial charge in [0.25, 0.3) is 0 Å². The van der Waals surface area contributed by atoms with Crippen LogP contribution in [0.2, 0.25) is 0 Å². The molecule has 0 amide bonds. The number of likely N-dealkylation sites (N-methyl/N-ethyl adjacent to an activating group) is 1. The normalized spacial score (nSPS) is 23.0. The fraction of sp³-hybridized carbons (Fsp3) is 0.933. The number of piperazine rings is 1. The van der Waals surface area contributed by atoms with E-state index in [2.05, 4.69) is 40.9 Å². The van der Waals surface area contributed by atoms with Gasteiger partial charge in [-0.2, -0.15) is 0 Å². The highest BCUT2D eigenvalue weighted by atomic mass is 127. The molecule has 0 aromatic rings. The van der Waals surface area contributed by atoms with Gasteiger partial charge >= 0.3 is 0 Å². The van der Waals surface area contributed by atoms with Crippen LogP contribution in [0.15, 0.2) is 4.99 Å². The van der Waals surface area contributed by atoms with Crippen molar-refractivity contribution < 1.29 is 0 Å². The molecule has 1 unspecified atom stereocenters. The molecule has 0 aromatic carbocycles. The fourth-order valence-corrected chi connectivity index (χ4v) is 2.95. The van der Waals surface area contributed by atoms with Gasteiger partial charge in [-0.1, -0.05) is 0 Å². The standard InChI is InChI=1S/C15H31N5.HI/c1-4-16-15(20-7-5-6-8-20)17-13-14(2)19-11-9-18(3)10-12-19;/h14H,4-13H2,1-3H3,(H,16,17);1H. The van der Waals surface area contributed by atoms with Crippen LogP contribution in [0, 0.1) is 0 Å². The molecule has 1 atom stereocenters. The van der Waals surface area contributed by atoms with Gasteiger partial charge in [-0.3, -0.25) is 9.89 Å². The first-order valence-corrected chi connectivity index (χ1v) is 8.16. The summed E-state index contributed by atoms with van der Waals surface area (Å²) in [6.07, 6.45) is 2.61. The van der Waals surface area contributed by atoms with E-state index >= 15 is 0 Å². The number of guanidine groups is 1. The van der Waals surface area contributed by atoms with E-state index in [0.717, 1.165) is 32.1 Å². The van der Waals surface area contributed by atoms with Gasteiger partial charge in [-0.05, 0) is 33.7 Å². The molecule has 0 radical (unpaired) electrons. The van der Waals surface area contributed by atoms with Crippen molar-refractivity contribution in [2.75, 3.05) is 59.4 Å². The predicted octanol–water partition coefficient (Wildman–Crippen LogP) is 1.30. The van der Waals surface area contributed by atoms with Crippen LogP contribution in [-0.2, 0) is 0 Å². The first-order chi connectivity index (χ1) is 9.70. The minimum Gasteiger partial charge on any atom is -0.357 e. The molecule has 0 saturated carbocycles. The van der Waals surface area contributed by atoms with Crippen molar-refractivity contribution in [1.82, 2.24) is 20.0 Å². The molecule has 0 bridgehead atoms. The molecule has 0 spiro atoms. The maximum absolute atomic E-state index is 4.87. The minimum atomic E-state index is 0. The Morgan fingerprint density at radius 2 is 1.71 bits per heavy atom. The quantitative estimate of drug-likeness (QED) is 0.431. The molecule has 0 aromatic heterocycles. The van der Waals surface area contributed by atoms with Gasteiger partial charge < -0.3 is 15.1 Å². The van der Waals surface area contributed by atoms with Crippen LogP contribution in [0.1, 0.15) is 26.7 Å². The molecule has 0 aliphatic carbocycles. The smallest absolute Gasteiger partial charge is 0.193 e.